The highest BCUT2D eigenvalue weighted by Gasteiger charge is 2.23. The minimum Gasteiger partial charge on any atom is -0.348 e. The SMILES string of the molecule is CC(C)(C)c1ccc(C(=O)NCC=S)c([N+](=O)[O-])c1. The molecule has 1 aromatic carbocycles. The van der Waals surface area contributed by atoms with Crippen LogP contribution in [0, 0.1) is 10.1 Å². The van der Waals surface area contributed by atoms with Crippen LogP contribution in [0.5, 0.6) is 0 Å². The molecule has 0 saturated carbocycles. The fourth-order valence-corrected chi connectivity index (χ4v) is 1.65. The average molecular weight is 280 g/mol. The number of amides is 1. The summed E-state index contributed by atoms with van der Waals surface area (Å²) in [4.78, 5) is 22.3. The Hall–Kier alpha value is -1.82. The van der Waals surface area contributed by atoms with Crippen molar-refractivity contribution in [1.82, 2.24) is 5.32 Å². The maximum absolute atomic E-state index is 11.8. The van der Waals surface area contributed by atoms with Gasteiger partial charge in [-0.05, 0) is 22.4 Å². The number of benzene rings is 1. The molecule has 5 nitrogen and oxygen atoms in total. The van der Waals surface area contributed by atoms with Crippen LogP contribution in [0.15, 0.2) is 18.2 Å². The van der Waals surface area contributed by atoms with Gasteiger partial charge in [0.2, 0.25) is 0 Å². The Morgan fingerprint density at radius 2 is 2.11 bits per heavy atom. The summed E-state index contributed by atoms with van der Waals surface area (Å²) in [6, 6.07) is 4.67. The quantitative estimate of drug-likeness (QED) is 0.523. The molecule has 0 aromatic heterocycles. The van der Waals surface area contributed by atoms with Gasteiger partial charge in [0.1, 0.15) is 5.56 Å². The van der Waals surface area contributed by atoms with Crippen LogP contribution >= 0.6 is 12.2 Å². The third-order valence-corrected chi connectivity index (χ3v) is 2.82. The Kier molecular flexibility index (Phi) is 4.72. The van der Waals surface area contributed by atoms with Crippen LogP contribution in [0.25, 0.3) is 0 Å². The van der Waals surface area contributed by atoms with Crippen LogP contribution in [0.1, 0.15) is 36.7 Å². The number of thiocarbonyl (C=S) groups is 1. The largest absolute Gasteiger partial charge is 0.348 e. The van der Waals surface area contributed by atoms with Crippen LogP contribution in [0.4, 0.5) is 5.69 Å². The normalized spacial score (nSPS) is 10.9. The van der Waals surface area contributed by atoms with Crippen molar-refractivity contribution >= 4 is 29.2 Å². The van der Waals surface area contributed by atoms with E-state index in [0.717, 1.165) is 5.56 Å². The number of nitro benzene ring substituents is 1. The smallest absolute Gasteiger partial charge is 0.282 e. The maximum Gasteiger partial charge on any atom is 0.282 e. The molecule has 0 spiro atoms. The van der Waals surface area contributed by atoms with Crippen molar-refractivity contribution in [1.29, 1.82) is 0 Å². The number of carbonyl (C=O) groups is 1. The highest BCUT2D eigenvalue weighted by atomic mass is 32.1. The van der Waals surface area contributed by atoms with Crippen molar-refractivity contribution in [2.24, 2.45) is 0 Å². The van der Waals surface area contributed by atoms with Crippen molar-refractivity contribution < 1.29 is 9.72 Å². The minimum atomic E-state index is -0.540. The molecule has 0 bridgehead atoms. The molecule has 0 heterocycles. The van der Waals surface area contributed by atoms with E-state index in [0.29, 0.717) is 0 Å². The number of hydrogen-bond donors (Lipinski definition) is 1. The third-order valence-electron chi connectivity index (χ3n) is 2.65. The van der Waals surface area contributed by atoms with Crippen LogP contribution in [0.2, 0.25) is 0 Å². The van der Waals surface area contributed by atoms with E-state index in [2.05, 4.69) is 17.5 Å². The van der Waals surface area contributed by atoms with Gasteiger partial charge in [0.05, 0.1) is 4.92 Å². The van der Waals surface area contributed by atoms with Crippen LogP contribution < -0.4 is 5.32 Å². The highest BCUT2D eigenvalue weighted by molar-refractivity contribution is 7.79. The Morgan fingerprint density at radius 1 is 1.47 bits per heavy atom. The fraction of sp³-hybridized carbons (Fsp3) is 0.385. The first-order valence-corrected chi connectivity index (χ1v) is 6.25. The van der Waals surface area contributed by atoms with Gasteiger partial charge in [-0.15, -0.1) is 0 Å². The Morgan fingerprint density at radius 3 is 2.58 bits per heavy atom. The molecular formula is C13H16N2O3S. The molecule has 1 aromatic rings. The topological polar surface area (TPSA) is 72.2 Å². The molecule has 0 aliphatic carbocycles. The summed E-state index contributed by atoms with van der Waals surface area (Å²) in [5.74, 6) is -0.492. The predicted molar refractivity (Wildman–Crippen MR) is 77.8 cm³/mol. The van der Waals surface area contributed by atoms with Gasteiger partial charge in [-0.1, -0.05) is 39.1 Å². The van der Waals surface area contributed by atoms with Crippen LogP contribution in [-0.4, -0.2) is 22.7 Å². The second-order valence-electron chi connectivity index (χ2n) is 5.12. The van der Waals surface area contributed by atoms with Crippen molar-refractivity contribution in [3.05, 3.63) is 39.4 Å². The van der Waals surface area contributed by atoms with Crippen molar-refractivity contribution in [3.8, 4) is 0 Å². The van der Waals surface area contributed by atoms with Gasteiger partial charge < -0.3 is 5.32 Å². The van der Waals surface area contributed by atoms with Crippen molar-refractivity contribution in [3.63, 3.8) is 0 Å². The van der Waals surface area contributed by atoms with E-state index in [1.165, 1.54) is 17.5 Å². The molecular weight excluding hydrogens is 264 g/mol. The Bertz CT molecular complexity index is 521. The lowest BCUT2D eigenvalue weighted by molar-refractivity contribution is -0.385. The summed E-state index contributed by atoms with van der Waals surface area (Å²) in [7, 11) is 0. The molecule has 1 N–H and O–H groups in total. The van der Waals surface area contributed by atoms with E-state index < -0.39 is 10.8 Å². The van der Waals surface area contributed by atoms with Gasteiger partial charge in [-0.25, -0.2) is 0 Å². The molecule has 1 amide bonds. The van der Waals surface area contributed by atoms with Crippen LogP contribution in [-0.2, 0) is 5.41 Å². The van der Waals surface area contributed by atoms with E-state index in [1.807, 2.05) is 20.8 Å². The molecule has 6 heteroatoms. The molecule has 102 valence electrons. The number of hydrogen-bond acceptors (Lipinski definition) is 4. The first kappa shape index (κ1) is 15.2. The number of rotatable bonds is 4. The summed E-state index contributed by atoms with van der Waals surface area (Å²) in [5, 5.41) is 14.9. The van der Waals surface area contributed by atoms with E-state index >= 15 is 0 Å². The number of carbonyl (C=O) groups excluding carboxylic acids is 1. The van der Waals surface area contributed by atoms with Gasteiger partial charge in [-0.2, -0.15) is 0 Å². The van der Waals surface area contributed by atoms with Crippen molar-refractivity contribution in [2.75, 3.05) is 6.54 Å². The molecule has 0 aliphatic rings. The Labute approximate surface area is 117 Å². The first-order chi connectivity index (χ1) is 8.77. The highest BCUT2D eigenvalue weighted by Crippen LogP contribution is 2.28. The number of nitrogens with one attached hydrogen (secondary N) is 1. The van der Waals surface area contributed by atoms with E-state index in [4.69, 9.17) is 0 Å². The van der Waals surface area contributed by atoms with Gasteiger partial charge in [0, 0.05) is 12.6 Å². The average Bonchev–Trinajstić information content (AvgIpc) is 2.34. The molecule has 1 rings (SSSR count). The van der Waals surface area contributed by atoms with Gasteiger partial charge >= 0.3 is 0 Å². The zero-order valence-electron chi connectivity index (χ0n) is 11.1. The zero-order chi connectivity index (χ0) is 14.6. The van der Waals surface area contributed by atoms with Crippen molar-refractivity contribution in [2.45, 2.75) is 26.2 Å². The summed E-state index contributed by atoms with van der Waals surface area (Å²) in [5.41, 5.74) is 0.462. The predicted octanol–water partition coefficient (Wildman–Crippen LogP) is 2.62. The molecule has 19 heavy (non-hydrogen) atoms. The first-order valence-electron chi connectivity index (χ1n) is 5.78. The molecule has 0 atom stereocenters. The summed E-state index contributed by atoms with van der Waals surface area (Å²) >= 11 is 4.60. The minimum absolute atomic E-state index is 0.0508. The third kappa shape index (κ3) is 3.82. The van der Waals surface area contributed by atoms with E-state index in [9.17, 15) is 14.9 Å². The van der Waals surface area contributed by atoms with Gasteiger partial charge in [-0.3, -0.25) is 14.9 Å². The monoisotopic (exact) mass is 280 g/mol. The lowest BCUT2D eigenvalue weighted by Crippen LogP contribution is -2.26. The molecule has 0 saturated heterocycles. The van der Waals surface area contributed by atoms with E-state index in [-0.39, 0.29) is 23.2 Å². The second kappa shape index (κ2) is 5.88. The summed E-state index contributed by atoms with van der Waals surface area (Å²) < 4.78 is 0. The Balaban J connectivity index is 3.23. The standard InChI is InChI=1S/C13H16N2O3S/c1-13(2,3)9-4-5-10(11(8-9)15(17)18)12(16)14-6-7-19/h4-5,7-8H,6H2,1-3H3,(H,14,16). The fourth-order valence-electron chi connectivity index (χ4n) is 1.57. The number of nitrogens with zero attached hydrogens (tertiary/aromatic N) is 1. The zero-order valence-corrected chi connectivity index (χ0v) is 11.9. The summed E-state index contributed by atoms with van der Waals surface area (Å²) in [6.45, 7) is 6.07. The molecule has 0 aliphatic heterocycles. The lowest BCUT2D eigenvalue weighted by atomic mass is 9.86. The molecule has 0 unspecified atom stereocenters. The van der Waals surface area contributed by atoms with Gasteiger partial charge in [0.25, 0.3) is 11.6 Å². The van der Waals surface area contributed by atoms with E-state index in [1.54, 1.807) is 6.07 Å². The van der Waals surface area contributed by atoms with Gasteiger partial charge in [0.15, 0.2) is 0 Å². The summed E-state index contributed by atoms with van der Waals surface area (Å²) in [6.07, 6.45) is 0. The maximum atomic E-state index is 11.8. The lowest BCUT2D eigenvalue weighted by Gasteiger charge is -2.19. The second-order valence-corrected chi connectivity index (χ2v) is 5.45. The molecule has 0 radical (unpaired) electrons. The van der Waals surface area contributed by atoms with Crippen LogP contribution in [0.3, 0.4) is 0 Å². The number of nitro groups is 1. The molecule has 0 fully saturated rings.